The van der Waals surface area contributed by atoms with Gasteiger partial charge in [0.15, 0.2) is 5.11 Å². The molecule has 0 bridgehead atoms. The predicted molar refractivity (Wildman–Crippen MR) is 72.4 cm³/mol. The number of carbonyl (C=O) groups excluding carboxylic acids is 2. The molecule has 0 unspecified atom stereocenters. The van der Waals surface area contributed by atoms with Gasteiger partial charge in [-0.25, -0.2) is 4.39 Å². The minimum Gasteiger partial charge on any atom is -0.299 e. The van der Waals surface area contributed by atoms with E-state index in [1.807, 2.05) is 0 Å². The third-order valence-corrected chi connectivity index (χ3v) is 2.59. The summed E-state index contributed by atoms with van der Waals surface area (Å²) in [5, 5.41) is 4.59. The van der Waals surface area contributed by atoms with Crippen molar-refractivity contribution in [1.82, 2.24) is 10.6 Å². The first-order valence-corrected chi connectivity index (χ1v) is 5.78. The lowest BCUT2D eigenvalue weighted by molar-refractivity contribution is -0.123. The number of benzene rings is 1. The molecule has 1 aliphatic rings. The third kappa shape index (κ3) is 3.11. The van der Waals surface area contributed by atoms with Crippen LogP contribution in [0.3, 0.4) is 0 Å². The van der Waals surface area contributed by atoms with Crippen LogP contribution in [0.1, 0.15) is 5.56 Å². The van der Waals surface area contributed by atoms with Crippen molar-refractivity contribution >= 4 is 35.2 Å². The summed E-state index contributed by atoms with van der Waals surface area (Å²) >= 11 is 4.66. The SMILES string of the molecule is O=C1NC(=S)NC(=O)C1=C/C=C/c1ccccc1F. The van der Waals surface area contributed by atoms with Crippen LogP contribution in [0.25, 0.3) is 6.08 Å². The van der Waals surface area contributed by atoms with E-state index in [9.17, 15) is 14.0 Å². The van der Waals surface area contributed by atoms with Gasteiger partial charge in [0.1, 0.15) is 11.4 Å². The molecule has 1 aliphatic heterocycles. The highest BCUT2D eigenvalue weighted by molar-refractivity contribution is 7.80. The van der Waals surface area contributed by atoms with Gasteiger partial charge in [-0.05, 0) is 24.4 Å². The third-order valence-electron chi connectivity index (χ3n) is 2.39. The van der Waals surface area contributed by atoms with Crippen LogP contribution in [-0.2, 0) is 9.59 Å². The molecule has 0 aromatic heterocycles. The number of halogens is 1. The van der Waals surface area contributed by atoms with Crippen LogP contribution in [0.2, 0.25) is 0 Å². The maximum absolute atomic E-state index is 13.3. The molecule has 6 heteroatoms. The standard InChI is InChI=1S/C13H9FN2O2S/c14-10-7-2-1-4-8(10)5-3-6-9-11(17)15-13(19)16-12(9)18/h1-7H,(H2,15,16,17,18,19)/b5-3+. The molecule has 4 nitrogen and oxygen atoms in total. The Morgan fingerprint density at radius 1 is 1.11 bits per heavy atom. The smallest absolute Gasteiger partial charge is 0.263 e. The summed E-state index contributed by atoms with van der Waals surface area (Å²) in [7, 11) is 0. The molecule has 1 fully saturated rings. The fourth-order valence-electron chi connectivity index (χ4n) is 1.48. The van der Waals surface area contributed by atoms with Gasteiger partial charge < -0.3 is 0 Å². The van der Waals surface area contributed by atoms with Crippen molar-refractivity contribution < 1.29 is 14.0 Å². The van der Waals surface area contributed by atoms with Gasteiger partial charge in [0.05, 0.1) is 0 Å². The number of allylic oxidation sites excluding steroid dienone is 2. The molecule has 1 aromatic carbocycles. The lowest BCUT2D eigenvalue weighted by Crippen LogP contribution is -2.51. The van der Waals surface area contributed by atoms with E-state index in [-0.39, 0.29) is 16.5 Å². The zero-order chi connectivity index (χ0) is 13.8. The number of rotatable bonds is 2. The lowest BCUT2D eigenvalue weighted by atomic mass is 10.1. The van der Waals surface area contributed by atoms with Gasteiger partial charge >= 0.3 is 0 Å². The molecular formula is C13H9FN2O2S. The van der Waals surface area contributed by atoms with E-state index in [1.165, 1.54) is 24.3 Å². The molecule has 1 heterocycles. The Kier molecular flexibility index (Phi) is 3.82. The van der Waals surface area contributed by atoms with Gasteiger partial charge in [0, 0.05) is 5.56 Å². The number of nitrogens with one attached hydrogen (secondary N) is 2. The first-order chi connectivity index (χ1) is 9.08. The summed E-state index contributed by atoms with van der Waals surface area (Å²) in [6.45, 7) is 0. The number of hydrogen-bond donors (Lipinski definition) is 2. The molecule has 0 atom stereocenters. The lowest BCUT2D eigenvalue weighted by Gasteiger charge is -2.15. The van der Waals surface area contributed by atoms with Crippen molar-refractivity contribution in [2.24, 2.45) is 0 Å². The summed E-state index contributed by atoms with van der Waals surface area (Å²) in [4.78, 5) is 23.0. The van der Waals surface area contributed by atoms with Gasteiger partial charge in [-0.1, -0.05) is 30.4 Å². The molecule has 1 aromatic rings. The molecule has 0 aliphatic carbocycles. The van der Waals surface area contributed by atoms with Crippen molar-refractivity contribution in [3.63, 3.8) is 0 Å². The van der Waals surface area contributed by atoms with Crippen molar-refractivity contribution in [2.75, 3.05) is 0 Å². The molecule has 2 N–H and O–H groups in total. The molecule has 0 saturated carbocycles. The minimum absolute atomic E-state index is 0.0229. The quantitative estimate of drug-likeness (QED) is 0.486. The van der Waals surface area contributed by atoms with Crippen molar-refractivity contribution in [1.29, 1.82) is 0 Å². The number of thiocarbonyl (C=S) groups is 1. The van der Waals surface area contributed by atoms with E-state index in [4.69, 9.17) is 0 Å². The van der Waals surface area contributed by atoms with Gasteiger partial charge in [-0.15, -0.1) is 0 Å². The Labute approximate surface area is 114 Å². The monoisotopic (exact) mass is 276 g/mol. The molecule has 2 rings (SSSR count). The predicted octanol–water partition coefficient (Wildman–Crippen LogP) is 1.30. The molecule has 96 valence electrons. The summed E-state index contributed by atoms with van der Waals surface area (Å²) in [5.74, 6) is -1.53. The van der Waals surface area contributed by atoms with Crippen LogP contribution in [0.5, 0.6) is 0 Å². The van der Waals surface area contributed by atoms with E-state index in [1.54, 1.807) is 18.2 Å². The molecular weight excluding hydrogens is 267 g/mol. The summed E-state index contributed by atoms with van der Waals surface area (Å²) in [6, 6.07) is 6.17. The van der Waals surface area contributed by atoms with Gasteiger partial charge in [0.2, 0.25) is 0 Å². The molecule has 19 heavy (non-hydrogen) atoms. The highest BCUT2D eigenvalue weighted by Crippen LogP contribution is 2.09. The molecule has 0 spiro atoms. The Hall–Kier alpha value is -2.34. The maximum atomic E-state index is 13.3. The zero-order valence-electron chi connectivity index (χ0n) is 9.64. The van der Waals surface area contributed by atoms with Crippen molar-refractivity contribution in [3.05, 3.63) is 53.4 Å². The van der Waals surface area contributed by atoms with Gasteiger partial charge in [-0.2, -0.15) is 0 Å². The van der Waals surface area contributed by atoms with Gasteiger partial charge in [-0.3, -0.25) is 20.2 Å². The molecule has 1 saturated heterocycles. The largest absolute Gasteiger partial charge is 0.299 e. The second kappa shape index (κ2) is 5.53. The van der Waals surface area contributed by atoms with Crippen LogP contribution in [0.4, 0.5) is 4.39 Å². The number of carbonyl (C=O) groups is 2. The summed E-state index contributed by atoms with van der Waals surface area (Å²) in [5.41, 5.74) is 0.285. The molecule has 0 radical (unpaired) electrons. The zero-order valence-corrected chi connectivity index (χ0v) is 10.5. The number of amides is 2. The Bertz CT molecular complexity index is 601. The fraction of sp³-hybridized carbons (Fsp3) is 0. The van der Waals surface area contributed by atoms with Crippen molar-refractivity contribution in [3.8, 4) is 0 Å². The second-order valence-corrected chi connectivity index (χ2v) is 4.11. The van der Waals surface area contributed by atoms with E-state index < -0.39 is 11.8 Å². The van der Waals surface area contributed by atoms with E-state index in [0.29, 0.717) is 5.56 Å². The molecule has 2 amide bonds. The summed E-state index contributed by atoms with van der Waals surface area (Å²) < 4.78 is 13.3. The Morgan fingerprint density at radius 2 is 1.74 bits per heavy atom. The summed E-state index contributed by atoms with van der Waals surface area (Å²) in [6.07, 6.45) is 4.20. The normalized spacial score (nSPS) is 15.4. The average Bonchev–Trinajstić information content (AvgIpc) is 2.34. The number of hydrogen-bond acceptors (Lipinski definition) is 3. The van der Waals surface area contributed by atoms with Crippen molar-refractivity contribution in [2.45, 2.75) is 0 Å². The van der Waals surface area contributed by atoms with E-state index in [0.717, 1.165) is 0 Å². The van der Waals surface area contributed by atoms with Crippen LogP contribution in [-0.4, -0.2) is 16.9 Å². The second-order valence-electron chi connectivity index (χ2n) is 3.70. The van der Waals surface area contributed by atoms with Gasteiger partial charge in [0.25, 0.3) is 11.8 Å². The minimum atomic E-state index is -0.577. The highest BCUT2D eigenvalue weighted by atomic mass is 32.1. The fourth-order valence-corrected chi connectivity index (χ4v) is 1.67. The van der Waals surface area contributed by atoms with E-state index in [2.05, 4.69) is 22.9 Å². The topological polar surface area (TPSA) is 58.2 Å². The highest BCUT2D eigenvalue weighted by Gasteiger charge is 2.24. The first-order valence-electron chi connectivity index (χ1n) is 5.37. The maximum Gasteiger partial charge on any atom is 0.263 e. The van der Waals surface area contributed by atoms with Crippen LogP contribution in [0, 0.1) is 5.82 Å². The Balaban J connectivity index is 2.18. The average molecular weight is 276 g/mol. The Morgan fingerprint density at radius 3 is 2.37 bits per heavy atom. The van der Waals surface area contributed by atoms with Crippen LogP contribution in [0.15, 0.2) is 42.0 Å². The van der Waals surface area contributed by atoms with E-state index >= 15 is 0 Å². The first kappa shape index (κ1) is 13.1. The van der Waals surface area contributed by atoms with Crippen LogP contribution >= 0.6 is 12.2 Å². The van der Waals surface area contributed by atoms with Crippen LogP contribution < -0.4 is 10.6 Å².